The number of carbonyl (C=O) groups is 3. The van der Waals surface area contributed by atoms with Crippen molar-refractivity contribution < 1.29 is 14.4 Å². The number of aldehydes is 1. The van der Waals surface area contributed by atoms with Crippen LogP contribution in [0.4, 0.5) is 0 Å². The summed E-state index contributed by atoms with van der Waals surface area (Å²) in [6, 6.07) is 0. The van der Waals surface area contributed by atoms with Crippen LogP contribution in [0.15, 0.2) is 23.8 Å². The summed E-state index contributed by atoms with van der Waals surface area (Å²) in [5.41, 5.74) is 0.683. The minimum Gasteiger partial charge on any atom is -0.351 e. The normalized spacial score (nSPS) is 16.4. The fraction of sp³-hybridized carbons (Fsp3) is 0.611. The molecule has 1 fully saturated rings. The zero-order valence-corrected chi connectivity index (χ0v) is 14.8. The maximum atomic E-state index is 12.0. The molecule has 0 aliphatic carbocycles. The molecule has 134 valence electrons. The van der Waals surface area contributed by atoms with Crippen LogP contribution in [0.5, 0.6) is 0 Å². The van der Waals surface area contributed by atoms with Crippen LogP contribution in [-0.2, 0) is 14.4 Å². The van der Waals surface area contributed by atoms with Crippen LogP contribution in [-0.4, -0.2) is 67.2 Å². The first-order valence-corrected chi connectivity index (χ1v) is 8.67. The Balaban J connectivity index is 2.26. The number of hydrogen-bond donors (Lipinski definition) is 1. The molecule has 0 unspecified atom stereocenters. The van der Waals surface area contributed by atoms with E-state index in [0.29, 0.717) is 38.0 Å². The van der Waals surface area contributed by atoms with Gasteiger partial charge in [-0.15, -0.1) is 0 Å². The number of nitrogens with one attached hydrogen (secondary N) is 1. The van der Waals surface area contributed by atoms with Gasteiger partial charge in [0.2, 0.25) is 5.91 Å². The minimum absolute atomic E-state index is 0.0510. The molecule has 0 radical (unpaired) electrons. The van der Waals surface area contributed by atoms with Crippen molar-refractivity contribution in [3.05, 3.63) is 23.8 Å². The fourth-order valence-electron chi connectivity index (χ4n) is 2.54. The highest BCUT2D eigenvalue weighted by molar-refractivity contribution is 5.96. The average molecular weight is 335 g/mol. The van der Waals surface area contributed by atoms with Crippen LogP contribution in [0, 0.1) is 0 Å². The Hall–Kier alpha value is -1.95. The van der Waals surface area contributed by atoms with E-state index in [1.165, 1.54) is 0 Å². The van der Waals surface area contributed by atoms with Gasteiger partial charge in [0.05, 0.1) is 0 Å². The van der Waals surface area contributed by atoms with E-state index < -0.39 is 0 Å². The fourth-order valence-corrected chi connectivity index (χ4v) is 2.54. The monoisotopic (exact) mass is 335 g/mol. The van der Waals surface area contributed by atoms with Crippen LogP contribution in [0.1, 0.15) is 33.1 Å². The summed E-state index contributed by atoms with van der Waals surface area (Å²) in [5, 5.41) is 2.93. The van der Waals surface area contributed by atoms with Crippen molar-refractivity contribution >= 4 is 18.1 Å². The number of nitrogens with zero attached hydrogens (tertiary/aromatic N) is 2. The van der Waals surface area contributed by atoms with Crippen molar-refractivity contribution in [2.75, 3.05) is 39.3 Å². The molecule has 0 atom stereocenters. The molecule has 0 saturated carbocycles. The molecule has 6 nitrogen and oxygen atoms in total. The van der Waals surface area contributed by atoms with E-state index >= 15 is 0 Å². The molecule has 24 heavy (non-hydrogen) atoms. The Labute approximate surface area is 144 Å². The highest BCUT2D eigenvalue weighted by Crippen LogP contribution is 2.04. The number of hydrogen-bond acceptors (Lipinski definition) is 4. The van der Waals surface area contributed by atoms with Gasteiger partial charge in [-0.3, -0.25) is 14.5 Å². The summed E-state index contributed by atoms with van der Waals surface area (Å²) in [5.74, 6) is 0.000339. The molecule has 0 aromatic carbocycles. The second-order valence-electron chi connectivity index (χ2n) is 5.74. The van der Waals surface area contributed by atoms with Crippen molar-refractivity contribution in [3.8, 4) is 0 Å². The van der Waals surface area contributed by atoms with Gasteiger partial charge in [-0.25, -0.2) is 0 Å². The van der Waals surface area contributed by atoms with Crippen LogP contribution < -0.4 is 5.32 Å². The van der Waals surface area contributed by atoms with Crippen LogP contribution in [0.25, 0.3) is 0 Å². The summed E-state index contributed by atoms with van der Waals surface area (Å²) in [6.45, 7) is 8.23. The van der Waals surface area contributed by atoms with Gasteiger partial charge in [0.15, 0.2) is 0 Å². The zero-order chi connectivity index (χ0) is 17.8. The van der Waals surface area contributed by atoms with Crippen molar-refractivity contribution in [2.24, 2.45) is 0 Å². The molecule has 1 N–H and O–H groups in total. The lowest BCUT2D eigenvalue weighted by atomic mass is 10.2. The number of rotatable bonds is 9. The highest BCUT2D eigenvalue weighted by atomic mass is 16.2. The van der Waals surface area contributed by atoms with Crippen LogP contribution in [0.3, 0.4) is 0 Å². The third-order valence-electron chi connectivity index (χ3n) is 4.02. The standard InChI is InChI=1S/C18H29N3O3/c1-3-5-7-16(4-2)18(24)19-9-10-20-11-13-21(14-12-20)17(23)8-6-15-22/h4-5,7,15H,3,6,8-14H2,1-2H3,(H,19,24)/b7-5-,16-4+. The third kappa shape index (κ3) is 7.08. The molecule has 0 aromatic rings. The van der Waals surface area contributed by atoms with Crippen molar-refractivity contribution in [1.82, 2.24) is 15.1 Å². The Bertz CT molecular complexity index is 478. The van der Waals surface area contributed by atoms with Gasteiger partial charge >= 0.3 is 0 Å². The van der Waals surface area contributed by atoms with Crippen LogP contribution in [0.2, 0.25) is 0 Å². The van der Waals surface area contributed by atoms with Gasteiger partial charge in [-0.1, -0.05) is 25.2 Å². The molecule has 1 saturated heterocycles. The van der Waals surface area contributed by atoms with E-state index in [9.17, 15) is 14.4 Å². The van der Waals surface area contributed by atoms with E-state index in [-0.39, 0.29) is 11.8 Å². The number of amides is 2. The van der Waals surface area contributed by atoms with E-state index in [0.717, 1.165) is 32.3 Å². The van der Waals surface area contributed by atoms with Gasteiger partial charge in [0.25, 0.3) is 5.91 Å². The highest BCUT2D eigenvalue weighted by Gasteiger charge is 2.20. The maximum Gasteiger partial charge on any atom is 0.250 e. The molecule has 0 spiro atoms. The largest absolute Gasteiger partial charge is 0.351 e. The summed E-state index contributed by atoms with van der Waals surface area (Å²) in [7, 11) is 0. The topological polar surface area (TPSA) is 69.7 Å². The second kappa shape index (κ2) is 11.6. The summed E-state index contributed by atoms with van der Waals surface area (Å²) < 4.78 is 0. The van der Waals surface area contributed by atoms with Crippen molar-refractivity contribution in [3.63, 3.8) is 0 Å². The molecule has 1 heterocycles. The molecule has 0 aromatic heterocycles. The summed E-state index contributed by atoms with van der Waals surface area (Å²) >= 11 is 0. The molecule has 1 aliphatic rings. The lowest BCUT2D eigenvalue weighted by Crippen LogP contribution is -2.50. The average Bonchev–Trinajstić information content (AvgIpc) is 2.61. The lowest BCUT2D eigenvalue weighted by molar-refractivity contribution is -0.133. The van der Waals surface area contributed by atoms with E-state index in [2.05, 4.69) is 10.2 Å². The number of carbonyl (C=O) groups excluding carboxylic acids is 3. The van der Waals surface area contributed by atoms with Gasteiger partial charge in [-0.2, -0.15) is 0 Å². The van der Waals surface area contributed by atoms with E-state index in [1.807, 2.05) is 37.0 Å². The Morgan fingerprint density at radius 1 is 1.17 bits per heavy atom. The van der Waals surface area contributed by atoms with Crippen molar-refractivity contribution in [2.45, 2.75) is 33.1 Å². The molecular weight excluding hydrogens is 306 g/mol. The first-order chi connectivity index (χ1) is 11.6. The Morgan fingerprint density at radius 3 is 2.46 bits per heavy atom. The SMILES string of the molecule is C/C=C(\C=C/CC)C(=O)NCCN1CCN(C(=O)CCC=O)CC1. The molecule has 6 heteroatoms. The number of allylic oxidation sites excluding steroid dienone is 2. The van der Waals surface area contributed by atoms with Crippen LogP contribution >= 0.6 is 0 Å². The zero-order valence-electron chi connectivity index (χ0n) is 14.8. The van der Waals surface area contributed by atoms with Gasteiger partial charge in [0.1, 0.15) is 6.29 Å². The van der Waals surface area contributed by atoms with Gasteiger partial charge in [0, 0.05) is 57.7 Å². The number of piperazine rings is 1. The molecule has 0 bridgehead atoms. The minimum atomic E-state index is -0.0510. The first-order valence-electron chi connectivity index (χ1n) is 8.67. The summed E-state index contributed by atoms with van der Waals surface area (Å²) in [6.07, 6.45) is 7.91. The second-order valence-corrected chi connectivity index (χ2v) is 5.74. The predicted octanol–water partition coefficient (Wildman–Crippen LogP) is 1.14. The first kappa shape index (κ1) is 20.1. The smallest absolute Gasteiger partial charge is 0.250 e. The lowest BCUT2D eigenvalue weighted by Gasteiger charge is -2.34. The Kier molecular flexibility index (Phi) is 9.68. The Morgan fingerprint density at radius 2 is 1.88 bits per heavy atom. The van der Waals surface area contributed by atoms with Crippen molar-refractivity contribution in [1.29, 1.82) is 0 Å². The van der Waals surface area contributed by atoms with E-state index in [1.54, 1.807) is 0 Å². The molecular formula is C18H29N3O3. The predicted molar refractivity (Wildman–Crippen MR) is 94.5 cm³/mol. The molecule has 1 aliphatic heterocycles. The quantitative estimate of drug-likeness (QED) is 0.390. The molecule has 2 amide bonds. The maximum absolute atomic E-state index is 12.0. The van der Waals surface area contributed by atoms with E-state index in [4.69, 9.17) is 0 Å². The molecule has 1 rings (SSSR count). The van der Waals surface area contributed by atoms with Gasteiger partial charge in [-0.05, 0) is 13.3 Å². The summed E-state index contributed by atoms with van der Waals surface area (Å²) in [4.78, 5) is 38.2. The third-order valence-corrected chi connectivity index (χ3v) is 4.02. The van der Waals surface area contributed by atoms with Gasteiger partial charge < -0.3 is 15.0 Å².